The Hall–Kier alpha value is -3.26. The number of unbranched alkanes of at least 4 members (excludes halogenated alkanes) is 2. The van der Waals surface area contributed by atoms with Crippen molar-refractivity contribution in [3.63, 3.8) is 0 Å². The van der Waals surface area contributed by atoms with Gasteiger partial charge in [0.2, 0.25) is 11.8 Å². The quantitative estimate of drug-likeness (QED) is 0.361. The van der Waals surface area contributed by atoms with Gasteiger partial charge < -0.3 is 29.5 Å². The van der Waals surface area contributed by atoms with Crippen molar-refractivity contribution in [3.05, 3.63) is 47.5 Å². The lowest BCUT2D eigenvalue weighted by atomic mass is 10.0. The van der Waals surface area contributed by atoms with Crippen LogP contribution in [0.4, 0.5) is 5.69 Å². The highest BCUT2D eigenvalue weighted by atomic mass is 16.5. The Labute approximate surface area is 213 Å². The minimum atomic E-state index is -0.0384. The van der Waals surface area contributed by atoms with Crippen LogP contribution in [-0.4, -0.2) is 62.3 Å². The first kappa shape index (κ1) is 27.3. The molecule has 0 spiro atoms. The summed E-state index contributed by atoms with van der Waals surface area (Å²) >= 11 is 0. The van der Waals surface area contributed by atoms with Crippen molar-refractivity contribution in [1.29, 1.82) is 0 Å². The van der Waals surface area contributed by atoms with E-state index in [1.165, 1.54) is 0 Å². The zero-order chi connectivity index (χ0) is 25.8. The largest absolute Gasteiger partial charge is 0.494 e. The fourth-order valence-corrected chi connectivity index (χ4v) is 4.33. The van der Waals surface area contributed by atoms with Gasteiger partial charge in [-0.05, 0) is 80.0 Å². The smallest absolute Gasteiger partial charge is 0.224 e. The number of carbonyl (C=O) groups is 2. The summed E-state index contributed by atoms with van der Waals surface area (Å²) < 4.78 is 16.5. The molecule has 3 rings (SSSR count). The second kappa shape index (κ2) is 14.3. The van der Waals surface area contributed by atoms with Crippen molar-refractivity contribution in [2.45, 2.75) is 51.4 Å². The number of aliphatic hydroxyl groups excluding tert-OH is 1. The molecule has 8 nitrogen and oxygen atoms in total. The zero-order valence-corrected chi connectivity index (χ0v) is 21.4. The molecule has 0 bridgehead atoms. The Bertz CT molecular complexity index is 1010. The molecule has 196 valence electrons. The molecule has 2 amide bonds. The highest BCUT2D eigenvalue weighted by molar-refractivity contribution is 5.94. The van der Waals surface area contributed by atoms with Crippen molar-refractivity contribution in [2.75, 3.05) is 45.8 Å². The van der Waals surface area contributed by atoms with E-state index in [0.717, 1.165) is 66.8 Å². The van der Waals surface area contributed by atoms with E-state index in [0.29, 0.717) is 38.3 Å². The SMILES string of the molecule is COc1ccc(CCCCN(CCO)C(=O)CCCCOc2ccc3c(c2)CCC(=O)N3)cc1OC. The van der Waals surface area contributed by atoms with Gasteiger partial charge in [-0.2, -0.15) is 0 Å². The standard InChI is InChI=1S/C28H38N2O6/c1-34-25-13-9-21(19-26(25)35-2)7-3-5-15-30(16-17-31)28(33)8-4-6-18-36-23-11-12-24-22(20-23)10-14-27(32)29-24/h9,11-13,19-20,31H,3-8,10,14-18H2,1-2H3,(H,29,32). The fraction of sp³-hybridized carbons (Fsp3) is 0.500. The van der Waals surface area contributed by atoms with Gasteiger partial charge >= 0.3 is 0 Å². The van der Waals surface area contributed by atoms with Crippen LogP contribution in [0.1, 0.15) is 49.7 Å². The average molecular weight is 499 g/mol. The summed E-state index contributed by atoms with van der Waals surface area (Å²) in [7, 11) is 3.25. The topological polar surface area (TPSA) is 97.3 Å². The van der Waals surface area contributed by atoms with Crippen LogP contribution in [0.25, 0.3) is 0 Å². The van der Waals surface area contributed by atoms with E-state index in [1.807, 2.05) is 36.4 Å². The number of rotatable bonds is 15. The molecule has 0 unspecified atom stereocenters. The highest BCUT2D eigenvalue weighted by Gasteiger charge is 2.15. The van der Waals surface area contributed by atoms with Gasteiger partial charge in [0.15, 0.2) is 11.5 Å². The van der Waals surface area contributed by atoms with Gasteiger partial charge in [0.25, 0.3) is 0 Å². The van der Waals surface area contributed by atoms with Gasteiger partial charge in [-0.3, -0.25) is 9.59 Å². The Kier molecular flexibility index (Phi) is 10.9. The first-order valence-corrected chi connectivity index (χ1v) is 12.7. The van der Waals surface area contributed by atoms with Gasteiger partial charge in [-0.1, -0.05) is 6.07 Å². The van der Waals surface area contributed by atoms with Crippen LogP contribution in [0, 0.1) is 0 Å². The lowest BCUT2D eigenvalue weighted by molar-refractivity contribution is -0.132. The van der Waals surface area contributed by atoms with Crippen LogP contribution in [0.5, 0.6) is 17.2 Å². The second-order valence-corrected chi connectivity index (χ2v) is 8.92. The van der Waals surface area contributed by atoms with E-state index >= 15 is 0 Å². The predicted molar refractivity (Wildman–Crippen MR) is 139 cm³/mol. The van der Waals surface area contributed by atoms with Crippen LogP contribution < -0.4 is 19.5 Å². The molecule has 0 atom stereocenters. The van der Waals surface area contributed by atoms with Crippen LogP contribution in [0.15, 0.2) is 36.4 Å². The maximum Gasteiger partial charge on any atom is 0.224 e. The summed E-state index contributed by atoms with van der Waals surface area (Å²) in [5, 5.41) is 12.3. The number of aliphatic hydroxyl groups is 1. The first-order valence-electron chi connectivity index (χ1n) is 12.7. The third-order valence-corrected chi connectivity index (χ3v) is 6.34. The number of methoxy groups -OCH3 is 2. The molecular formula is C28H38N2O6. The summed E-state index contributed by atoms with van der Waals surface area (Å²) in [5.74, 6) is 2.33. The molecule has 0 aliphatic carbocycles. The van der Waals surface area contributed by atoms with E-state index in [9.17, 15) is 14.7 Å². The Morgan fingerprint density at radius 1 is 0.972 bits per heavy atom. The molecule has 0 aromatic heterocycles. The summed E-state index contributed by atoms with van der Waals surface area (Å²) in [6.45, 7) is 1.49. The second-order valence-electron chi connectivity index (χ2n) is 8.92. The molecule has 1 aliphatic heterocycles. The number of amides is 2. The van der Waals surface area contributed by atoms with E-state index in [1.54, 1.807) is 19.1 Å². The first-order chi connectivity index (χ1) is 17.5. The lowest BCUT2D eigenvalue weighted by Crippen LogP contribution is -2.34. The average Bonchev–Trinajstić information content (AvgIpc) is 2.89. The molecule has 0 saturated heterocycles. The minimum absolute atomic E-state index is 0.0384. The van der Waals surface area contributed by atoms with Crippen molar-refractivity contribution >= 4 is 17.5 Å². The number of benzene rings is 2. The molecule has 8 heteroatoms. The van der Waals surface area contributed by atoms with Crippen LogP contribution in [0.2, 0.25) is 0 Å². The molecular weight excluding hydrogens is 460 g/mol. The molecule has 2 N–H and O–H groups in total. The van der Waals surface area contributed by atoms with E-state index < -0.39 is 0 Å². The number of nitrogens with zero attached hydrogens (tertiary/aromatic N) is 1. The zero-order valence-electron chi connectivity index (χ0n) is 21.4. The van der Waals surface area contributed by atoms with Gasteiger partial charge in [-0.25, -0.2) is 0 Å². The van der Waals surface area contributed by atoms with Gasteiger partial charge in [-0.15, -0.1) is 0 Å². The molecule has 1 aliphatic rings. The molecule has 2 aromatic rings. The van der Waals surface area contributed by atoms with E-state index in [-0.39, 0.29) is 18.4 Å². The Morgan fingerprint density at radius 3 is 2.58 bits per heavy atom. The number of ether oxygens (including phenoxy) is 3. The number of anilines is 1. The Balaban J connectivity index is 1.34. The number of hydrogen-bond donors (Lipinski definition) is 2. The minimum Gasteiger partial charge on any atom is -0.494 e. The maximum atomic E-state index is 12.7. The van der Waals surface area contributed by atoms with Crippen molar-refractivity contribution < 1.29 is 28.9 Å². The summed E-state index contributed by atoms with van der Waals surface area (Å²) in [6, 6.07) is 11.6. The summed E-state index contributed by atoms with van der Waals surface area (Å²) in [6.07, 6.45) is 5.84. The molecule has 36 heavy (non-hydrogen) atoms. The molecule has 0 fully saturated rings. The van der Waals surface area contributed by atoms with Crippen molar-refractivity contribution in [3.8, 4) is 17.2 Å². The number of fused-ring (bicyclic) bond motifs is 1. The van der Waals surface area contributed by atoms with Crippen LogP contribution in [-0.2, 0) is 22.4 Å². The van der Waals surface area contributed by atoms with Gasteiger partial charge in [0, 0.05) is 31.6 Å². The lowest BCUT2D eigenvalue weighted by Gasteiger charge is -2.22. The highest BCUT2D eigenvalue weighted by Crippen LogP contribution is 2.28. The Morgan fingerprint density at radius 2 is 1.81 bits per heavy atom. The molecule has 0 saturated carbocycles. The maximum absolute atomic E-state index is 12.7. The number of hydrogen-bond acceptors (Lipinski definition) is 6. The summed E-state index contributed by atoms with van der Waals surface area (Å²) in [5.41, 5.74) is 3.11. The van der Waals surface area contributed by atoms with Crippen LogP contribution in [0.3, 0.4) is 0 Å². The third kappa shape index (κ3) is 8.16. The molecule has 2 aromatic carbocycles. The fourth-order valence-electron chi connectivity index (χ4n) is 4.33. The number of carbonyl (C=O) groups excluding carboxylic acids is 2. The van der Waals surface area contributed by atoms with Gasteiger partial charge in [0.05, 0.1) is 27.4 Å². The summed E-state index contributed by atoms with van der Waals surface area (Å²) in [4.78, 5) is 25.9. The number of aryl methyl sites for hydroxylation is 2. The van der Waals surface area contributed by atoms with Crippen LogP contribution >= 0.6 is 0 Å². The molecule has 1 heterocycles. The van der Waals surface area contributed by atoms with E-state index in [4.69, 9.17) is 14.2 Å². The van der Waals surface area contributed by atoms with Crippen molar-refractivity contribution in [1.82, 2.24) is 4.90 Å². The number of nitrogens with one attached hydrogen (secondary N) is 1. The van der Waals surface area contributed by atoms with E-state index in [2.05, 4.69) is 5.32 Å². The van der Waals surface area contributed by atoms with Gasteiger partial charge in [0.1, 0.15) is 5.75 Å². The van der Waals surface area contributed by atoms with Crippen molar-refractivity contribution in [2.24, 2.45) is 0 Å². The monoisotopic (exact) mass is 498 g/mol. The normalized spacial score (nSPS) is 12.5. The molecule has 0 radical (unpaired) electrons. The predicted octanol–water partition coefficient (Wildman–Crippen LogP) is 3.98. The third-order valence-electron chi connectivity index (χ3n) is 6.34.